The van der Waals surface area contributed by atoms with Gasteiger partial charge in [-0.3, -0.25) is 10.00 Å². The van der Waals surface area contributed by atoms with Crippen molar-refractivity contribution in [2.75, 3.05) is 25.0 Å². The first-order valence-corrected chi connectivity index (χ1v) is 8.30. The number of H-pyrrole nitrogens is 1. The molecule has 0 spiro atoms. The van der Waals surface area contributed by atoms with Gasteiger partial charge in [0.05, 0.1) is 18.3 Å². The molecule has 126 valence electrons. The lowest BCUT2D eigenvalue weighted by Crippen LogP contribution is -2.43. The van der Waals surface area contributed by atoms with E-state index in [0.29, 0.717) is 25.9 Å². The number of nitrogens with one attached hydrogen (secondary N) is 2. The van der Waals surface area contributed by atoms with Crippen LogP contribution >= 0.6 is 15.9 Å². The molecule has 0 aliphatic carbocycles. The number of halogens is 4. The third-order valence-electron chi connectivity index (χ3n) is 4.28. The van der Waals surface area contributed by atoms with Gasteiger partial charge in [-0.05, 0) is 31.4 Å². The molecule has 8 heteroatoms. The Kier molecular flexibility index (Phi) is 4.55. The van der Waals surface area contributed by atoms with Crippen molar-refractivity contribution >= 4 is 32.5 Å². The van der Waals surface area contributed by atoms with Crippen LogP contribution in [0.3, 0.4) is 0 Å². The van der Waals surface area contributed by atoms with Gasteiger partial charge in [-0.1, -0.05) is 15.9 Å². The fourth-order valence-corrected chi connectivity index (χ4v) is 3.47. The minimum Gasteiger partial charge on any atom is -0.381 e. The number of rotatable bonds is 3. The standard InChI is InChI=1S/C15H18BrF3N4/c1-9-12(16)6-13-11(7-20-22-13)14(9)21-10-2-4-23(5-3-10)8-15(17,18)19/h6-7,10,21H,2-5,8H2,1H3,(H,20,22). The van der Waals surface area contributed by atoms with Crippen molar-refractivity contribution in [1.29, 1.82) is 0 Å². The van der Waals surface area contributed by atoms with E-state index < -0.39 is 12.7 Å². The monoisotopic (exact) mass is 390 g/mol. The largest absolute Gasteiger partial charge is 0.401 e. The van der Waals surface area contributed by atoms with Crippen LogP contribution in [0.5, 0.6) is 0 Å². The van der Waals surface area contributed by atoms with Crippen LogP contribution in [0.4, 0.5) is 18.9 Å². The van der Waals surface area contributed by atoms with Gasteiger partial charge < -0.3 is 5.32 Å². The molecule has 1 fully saturated rings. The Hall–Kier alpha value is -1.28. The van der Waals surface area contributed by atoms with Crippen molar-refractivity contribution in [3.63, 3.8) is 0 Å². The molecule has 0 bridgehead atoms. The molecule has 4 nitrogen and oxygen atoms in total. The number of benzene rings is 1. The second-order valence-electron chi connectivity index (χ2n) is 6.00. The van der Waals surface area contributed by atoms with Crippen molar-refractivity contribution in [3.05, 3.63) is 22.3 Å². The van der Waals surface area contributed by atoms with Crippen molar-refractivity contribution in [1.82, 2.24) is 15.1 Å². The lowest BCUT2D eigenvalue weighted by Gasteiger charge is -2.33. The maximum absolute atomic E-state index is 12.4. The third kappa shape index (κ3) is 3.80. The normalized spacial score (nSPS) is 17.8. The van der Waals surface area contributed by atoms with E-state index in [4.69, 9.17) is 0 Å². The summed E-state index contributed by atoms with van der Waals surface area (Å²) in [5, 5.41) is 11.5. The Morgan fingerprint density at radius 3 is 2.74 bits per heavy atom. The zero-order chi connectivity index (χ0) is 16.6. The average Bonchev–Trinajstić information content (AvgIpc) is 2.92. The summed E-state index contributed by atoms with van der Waals surface area (Å²) in [5.74, 6) is 0. The first-order chi connectivity index (χ1) is 10.8. The minimum absolute atomic E-state index is 0.172. The van der Waals surface area contributed by atoms with Gasteiger partial charge in [-0.2, -0.15) is 18.3 Å². The maximum atomic E-state index is 12.4. The molecule has 2 N–H and O–H groups in total. The van der Waals surface area contributed by atoms with Crippen molar-refractivity contribution < 1.29 is 13.2 Å². The molecule has 1 aromatic heterocycles. The molecule has 2 heterocycles. The lowest BCUT2D eigenvalue weighted by molar-refractivity contribution is -0.147. The molecule has 0 unspecified atom stereocenters. The van der Waals surface area contributed by atoms with E-state index in [1.54, 1.807) is 6.20 Å². The van der Waals surface area contributed by atoms with E-state index in [9.17, 15) is 13.2 Å². The molecule has 23 heavy (non-hydrogen) atoms. The second kappa shape index (κ2) is 6.32. The molecule has 0 amide bonds. The number of nitrogens with zero attached hydrogens (tertiary/aromatic N) is 2. The van der Waals surface area contributed by atoms with Gasteiger partial charge in [0.25, 0.3) is 0 Å². The summed E-state index contributed by atoms with van der Waals surface area (Å²) >= 11 is 3.54. The Bertz CT molecular complexity index is 690. The van der Waals surface area contributed by atoms with Crippen LogP contribution in [0.1, 0.15) is 18.4 Å². The van der Waals surface area contributed by atoms with Gasteiger partial charge in [0.1, 0.15) is 0 Å². The number of aromatic nitrogens is 2. The summed E-state index contributed by atoms with van der Waals surface area (Å²) in [6, 6.07) is 2.15. The van der Waals surface area contributed by atoms with Crippen LogP contribution in [0, 0.1) is 6.92 Å². The fourth-order valence-electron chi connectivity index (χ4n) is 3.04. The van der Waals surface area contributed by atoms with E-state index in [0.717, 1.165) is 26.6 Å². The summed E-state index contributed by atoms with van der Waals surface area (Å²) in [6.45, 7) is 2.11. The van der Waals surface area contributed by atoms with Crippen LogP contribution in [-0.2, 0) is 0 Å². The summed E-state index contributed by atoms with van der Waals surface area (Å²) in [7, 11) is 0. The molecular weight excluding hydrogens is 373 g/mol. The smallest absolute Gasteiger partial charge is 0.381 e. The Labute approximate surface area is 140 Å². The quantitative estimate of drug-likeness (QED) is 0.829. The highest BCUT2D eigenvalue weighted by molar-refractivity contribution is 9.10. The SMILES string of the molecule is Cc1c(Br)cc2[nH]ncc2c1NC1CCN(CC(F)(F)F)CC1. The van der Waals surface area contributed by atoms with Crippen LogP contribution in [0.2, 0.25) is 0 Å². The predicted molar refractivity (Wildman–Crippen MR) is 87.7 cm³/mol. The van der Waals surface area contributed by atoms with Gasteiger partial charge in [-0.25, -0.2) is 0 Å². The third-order valence-corrected chi connectivity index (χ3v) is 5.11. The van der Waals surface area contributed by atoms with Gasteiger partial charge >= 0.3 is 6.18 Å². The molecule has 3 rings (SSSR count). The molecule has 0 saturated carbocycles. The highest BCUT2D eigenvalue weighted by Crippen LogP contribution is 2.33. The van der Waals surface area contributed by atoms with Crippen LogP contribution < -0.4 is 5.32 Å². The van der Waals surface area contributed by atoms with Crippen LogP contribution in [-0.4, -0.2) is 46.9 Å². The van der Waals surface area contributed by atoms with Crippen molar-refractivity contribution in [2.45, 2.75) is 32.0 Å². The zero-order valence-corrected chi connectivity index (χ0v) is 14.3. The van der Waals surface area contributed by atoms with Gasteiger partial charge in [0.2, 0.25) is 0 Å². The fraction of sp³-hybridized carbons (Fsp3) is 0.533. The van der Waals surface area contributed by atoms with E-state index in [-0.39, 0.29) is 6.04 Å². The summed E-state index contributed by atoms with van der Waals surface area (Å²) in [4.78, 5) is 1.47. The Morgan fingerprint density at radius 2 is 2.09 bits per heavy atom. The van der Waals surface area contributed by atoms with Crippen LogP contribution in [0.25, 0.3) is 10.9 Å². The highest BCUT2D eigenvalue weighted by Gasteiger charge is 2.32. The van der Waals surface area contributed by atoms with E-state index in [1.165, 1.54) is 4.90 Å². The molecule has 1 aliphatic rings. The molecule has 0 radical (unpaired) electrons. The van der Waals surface area contributed by atoms with E-state index >= 15 is 0 Å². The van der Waals surface area contributed by atoms with Gasteiger partial charge in [-0.15, -0.1) is 0 Å². The Morgan fingerprint density at radius 1 is 1.39 bits per heavy atom. The van der Waals surface area contributed by atoms with E-state index in [2.05, 4.69) is 31.4 Å². The first-order valence-electron chi connectivity index (χ1n) is 7.51. The van der Waals surface area contributed by atoms with Gasteiger partial charge in [0.15, 0.2) is 0 Å². The zero-order valence-electron chi connectivity index (χ0n) is 12.7. The molecule has 1 aromatic carbocycles. The summed E-state index contributed by atoms with van der Waals surface area (Å²) in [5.41, 5.74) is 3.01. The maximum Gasteiger partial charge on any atom is 0.401 e. The number of likely N-dealkylation sites (tertiary alicyclic amines) is 1. The number of anilines is 1. The topological polar surface area (TPSA) is 44.0 Å². The van der Waals surface area contributed by atoms with Crippen molar-refractivity contribution in [2.24, 2.45) is 0 Å². The molecule has 1 saturated heterocycles. The number of hydrogen-bond acceptors (Lipinski definition) is 3. The number of fused-ring (bicyclic) bond motifs is 1. The minimum atomic E-state index is -4.12. The predicted octanol–water partition coefficient (Wildman–Crippen LogP) is 4.07. The number of piperidine rings is 1. The highest BCUT2D eigenvalue weighted by atomic mass is 79.9. The number of aromatic amines is 1. The lowest BCUT2D eigenvalue weighted by atomic mass is 10.0. The van der Waals surface area contributed by atoms with Gasteiger partial charge in [0, 0.05) is 34.7 Å². The second-order valence-corrected chi connectivity index (χ2v) is 6.85. The molecule has 0 atom stereocenters. The molecule has 2 aromatic rings. The summed E-state index contributed by atoms with van der Waals surface area (Å²) < 4.78 is 38.3. The van der Waals surface area contributed by atoms with Crippen molar-refractivity contribution in [3.8, 4) is 0 Å². The molecular formula is C15H18BrF3N4. The average molecular weight is 391 g/mol. The summed E-state index contributed by atoms with van der Waals surface area (Å²) in [6.07, 6.45) is -0.956. The Balaban J connectivity index is 1.70. The first kappa shape index (κ1) is 16.6. The number of alkyl halides is 3. The molecule has 1 aliphatic heterocycles. The number of hydrogen-bond donors (Lipinski definition) is 2. The van der Waals surface area contributed by atoms with E-state index in [1.807, 2.05) is 13.0 Å². The van der Waals surface area contributed by atoms with Crippen LogP contribution in [0.15, 0.2) is 16.7 Å².